The lowest BCUT2D eigenvalue weighted by Gasteiger charge is -2.07. The zero-order valence-corrected chi connectivity index (χ0v) is 10.1. The van der Waals surface area contributed by atoms with Crippen molar-refractivity contribution in [2.45, 2.75) is 6.92 Å². The largest absolute Gasteiger partial charge is 0.433 e. The molecule has 0 unspecified atom stereocenters. The van der Waals surface area contributed by atoms with Crippen molar-refractivity contribution in [2.75, 3.05) is 0 Å². The van der Waals surface area contributed by atoms with Gasteiger partial charge in [-0.3, -0.25) is 0 Å². The summed E-state index contributed by atoms with van der Waals surface area (Å²) in [5.74, 6) is -0.571. The van der Waals surface area contributed by atoms with Gasteiger partial charge in [-0.2, -0.15) is 4.98 Å². The SMILES string of the molecule is Cc1cccc(Oc2nc(Cl)nnc2Cl)c1F. The Bertz CT molecular complexity index is 565. The molecule has 0 aliphatic carbocycles. The number of nitrogens with zero attached hydrogens (tertiary/aromatic N) is 3. The highest BCUT2D eigenvalue weighted by atomic mass is 35.5. The molecule has 0 N–H and O–H groups in total. The van der Waals surface area contributed by atoms with E-state index in [1.54, 1.807) is 19.1 Å². The summed E-state index contributed by atoms with van der Waals surface area (Å²) >= 11 is 11.2. The van der Waals surface area contributed by atoms with Crippen LogP contribution in [0.3, 0.4) is 0 Å². The molecule has 0 amide bonds. The van der Waals surface area contributed by atoms with E-state index in [1.807, 2.05) is 0 Å². The maximum atomic E-state index is 13.7. The predicted molar refractivity (Wildman–Crippen MR) is 61.1 cm³/mol. The molecule has 17 heavy (non-hydrogen) atoms. The molecule has 0 saturated heterocycles. The summed E-state index contributed by atoms with van der Waals surface area (Å²) in [6.07, 6.45) is 0. The zero-order valence-electron chi connectivity index (χ0n) is 8.62. The maximum Gasteiger partial charge on any atom is 0.262 e. The van der Waals surface area contributed by atoms with E-state index in [1.165, 1.54) is 6.07 Å². The first-order valence-corrected chi connectivity index (χ1v) is 5.32. The number of benzene rings is 1. The van der Waals surface area contributed by atoms with Crippen molar-refractivity contribution in [3.05, 3.63) is 40.0 Å². The normalized spacial score (nSPS) is 10.4. The van der Waals surface area contributed by atoms with Gasteiger partial charge < -0.3 is 4.74 Å². The molecule has 0 spiro atoms. The molecule has 2 aromatic rings. The summed E-state index contributed by atoms with van der Waals surface area (Å²) in [6.45, 7) is 1.62. The minimum absolute atomic E-state index is 0.00321. The Balaban J connectivity index is 2.38. The van der Waals surface area contributed by atoms with Gasteiger partial charge in [0.15, 0.2) is 11.6 Å². The first-order chi connectivity index (χ1) is 8.08. The summed E-state index contributed by atoms with van der Waals surface area (Å²) in [5.41, 5.74) is 0.451. The van der Waals surface area contributed by atoms with E-state index >= 15 is 0 Å². The number of rotatable bonds is 2. The van der Waals surface area contributed by atoms with Crippen molar-refractivity contribution >= 4 is 23.2 Å². The van der Waals surface area contributed by atoms with Crippen molar-refractivity contribution < 1.29 is 9.13 Å². The van der Waals surface area contributed by atoms with E-state index in [0.29, 0.717) is 5.56 Å². The molecule has 1 aromatic carbocycles. The minimum Gasteiger partial charge on any atom is -0.433 e. The van der Waals surface area contributed by atoms with Gasteiger partial charge in [-0.15, -0.1) is 10.2 Å². The lowest BCUT2D eigenvalue weighted by atomic mass is 10.2. The van der Waals surface area contributed by atoms with Gasteiger partial charge in [-0.05, 0) is 30.2 Å². The average Bonchev–Trinajstić information content (AvgIpc) is 2.30. The third kappa shape index (κ3) is 2.62. The van der Waals surface area contributed by atoms with Crippen LogP contribution >= 0.6 is 23.2 Å². The highest BCUT2D eigenvalue weighted by Gasteiger charge is 2.12. The van der Waals surface area contributed by atoms with E-state index in [4.69, 9.17) is 27.9 Å². The van der Waals surface area contributed by atoms with Gasteiger partial charge in [0.1, 0.15) is 0 Å². The fourth-order valence-corrected chi connectivity index (χ4v) is 1.38. The van der Waals surface area contributed by atoms with Crippen LogP contribution in [0.1, 0.15) is 5.56 Å². The van der Waals surface area contributed by atoms with Gasteiger partial charge in [0.25, 0.3) is 5.88 Å². The Kier molecular flexibility index (Phi) is 3.40. The summed E-state index contributed by atoms with van der Waals surface area (Å²) in [4.78, 5) is 3.71. The van der Waals surface area contributed by atoms with Crippen LogP contribution in [0.2, 0.25) is 10.4 Å². The summed E-state index contributed by atoms with van der Waals surface area (Å²) in [7, 11) is 0. The number of hydrogen-bond acceptors (Lipinski definition) is 4. The third-order valence-corrected chi connectivity index (χ3v) is 2.35. The van der Waals surface area contributed by atoms with Crippen LogP contribution < -0.4 is 4.74 Å². The number of ether oxygens (including phenoxy) is 1. The smallest absolute Gasteiger partial charge is 0.262 e. The lowest BCUT2D eigenvalue weighted by molar-refractivity contribution is 0.422. The van der Waals surface area contributed by atoms with Crippen molar-refractivity contribution in [1.29, 1.82) is 0 Å². The summed E-state index contributed by atoms with van der Waals surface area (Å²) in [5, 5.41) is 6.71. The van der Waals surface area contributed by atoms with Gasteiger partial charge in [0.05, 0.1) is 0 Å². The van der Waals surface area contributed by atoms with Crippen LogP contribution in [0, 0.1) is 12.7 Å². The molecule has 0 atom stereocenters. The second kappa shape index (κ2) is 4.81. The molecular formula is C10H6Cl2FN3O. The van der Waals surface area contributed by atoms with Crippen LogP contribution in [0.4, 0.5) is 4.39 Å². The van der Waals surface area contributed by atoms with Crippen molar-refractivity contribution in [3.63, 3.8) is 0 Å². The van der Waals surface area contributed by atoms with Crippen LogP contribution in [0.25, 0.3) is 0 Å². The first kappa shape index (κ1) is 12.0. The van der Waals surface area contributed by atoms with Gasteiger partial charge >= 0.3 is 0 Å². The maximum absolute atomic E-state index is 13.7. The van der Waals surface area contributed by atoms with Gasteiger partial charge in [-0.25, -0.2) is 4.39 Å². The fraction of sp³-hybridized carbons (Fsp3) is 0.100. The molecule has 1 heterocycles. The number of aryl methyl sites for hydroxylation is 1. The number of hydrogen-bond donors (Lipinski definition) is 0. The monoisotopic (exact) mass is 273 g/mol. The Hall–Kier alpha value is -1.46. The molecule has 0 aliphatic rings. The minimum atomic E-state index is -0.488. The van der Waals surface area contributed by atoms with E-state index in [9.17, 15) is 4.39 Å². The molecule has 0 bridgehead atoms. The van der Waals surface area contributed by atoms with Crippen molar-refractivity contribution in [2.24, 2.45) is 0 Å². The quantitative estimate of drug-likeness (QED) is 0.841. The molecule has 0 fully saturated rings. The Morgan fingerprint density at radius 3 is 2.76 bits per heavy atom. The van der Waals surface area contributed by atoms with E-state index < -0.39 is 5.82 Å². The average molecular weight is 274 g/mol. The summed E-state index contributed by atoms with van der Waals surface area (Å²) in [6, 6.07) is 4.72. The van der Waals surface area contributed by atoms with E-state index in [0.717, 1.165) is 0 Å². The topological polar surface area (TPSA) is 47.9 Å². The molecule has 7 heteroatoms. The molecule has 0 aliphatic heterocycles. The van der Waals surface area contributed by atoms with Crippen LogP contribution in [0.15, 0.2) is 18.2 Å². The molecule has 88 valence electrons. The van der Waals surface area contributed by atoms with Crippen LogP contribution in [-0.2, 0) is 0 Å². The Morgan fingerprint density at radius 2 is 2.00 bits per heavy atom. The molecule has 0 saturated carbocycles. The fourth-order valence-electron chi connectivity index (χ4n) is 1.15. The van der Waals surface area contributed by atoms with E-state index in [2.05, 4.69) is 15.2 Å². The lowest BCUT2D eigenvalue weighted by Crippen LogP contribution is -1.97. The van der Waals surface area contributed by atoms with Crippen LogP contribution in [0.5, 0.6) is 11.6 Å². The summed E-state index contributed by atoms with van der Waals surface area (Å²) < 4.78 is 18.9. The second-order valence-corrected chi connectivity index (χ2v) is 3.86. The van der Waals surface area contributed by atoms with Crippen molar-refractivity contribution in [3.8, 4) is 11.6 Å². The number of aromatic nitrogens is 3. The Morgan fingerprint density at radius 1 is 1.24 bits per heavy atom. The Labute approximate surface area is 106 Å². The van der Waals surface area contributed by atoms with E-state index in [-0.39, 0.29) is 22.1 Å². The molecule has 1 aromatic heterocycles. The van der Waals surface area contributed by atoms with Crippen LogP contribution in [-0.4, -0.2) is 15.2 Å². The highest BCUT2D eigenvalue weighted by Crippen LogP contribution is 2.28. The van der Waals surface area contributed by atoms with Gasteiger partial charge in [0.2, 0.25) is 10.4 Å². The molecule has 0 radical (unpaired) electrons. The highest BCUT2D eigenvalue weighted by molar-refractivity contribution is 6.31. The van der Waals surface area contributed by atoms with Gasteiger partial charge in [-0.1, -0.05) is 23.7 Å². The third-order valence-electron chi connectivity index (χ3n) is 1.95. The zero-order chi connectivity index (χ0) is 12.4. The second-order valence-electron chi connectivity index (χ2n) is 3.17. The first-order valence-electron chi connectivity index (χ1n) is 4.56. The standard InChI is InChI=1S/C10H6Cl2FN3O/c1-5-3-2-4-6(7(5)13)17-9-8(11)15-16-10(12)14-9/h2-4H,1H3. The predicted octanol–water partition coefficient (Wildman–Crippen LogP) is 3.42. The molecule has 4 nitrogen and oxygen atoms in total. The number of halogens is 3. The van der Waals surface area contributed by atoms with Gasteiger partial charge in [0, 0.05) is 0 Å². The molecule has 2 rings (SSSR count). The molecular weight excluding hydrogens is 268 g/mol. The van der Waals surface area contributed by atoms with Crippen molar-refractivity contribution in [1.82, 2.24) is 15.2 Å².